The lowest BCUT2D eigenvalue weighted by atomic mass is 10.0. The number of hydrogen-bond donors (Lipinski definition) is 2. The molecular formula is C14H22N2O2. The van der Waals surface area contributed by atoms with Gasteiger partial charge in [-0.05, 0) is 37.1 Å². The van der Waals surface area contributed by atoms with Crippen LogP contribution in [0, 0.1) is 12.8 Å². The zero-order valence-electron chi connectivity index (χ0n) is 11.3. The van der Waals surface area contributed by atoms with Crippen LogP contribution in [0.25, 0.3) is 0 Å². The van der Waals surface area contributed by atoms with Crippen molar-refractivity contribution in [3.05, 3.63) is 23.8 Å². The van der Waals surface area contributed by atoms with Crippen LogP contribution in [0.1, 0.15) is 25.3 Å². The van der Waals surface area contributed by atoms with E-state index in [1.807, 2.05) is 32.0 Å². The largest absolute Gasteiger partial charge is 0.495 e. The Hall–Kier alpha value is -1.55. The molecule has 1 aromatic rings. The van der Waals surface area contributed by atoms with Gasteiger partial charge in [-0.2, -0.15) is 0 Å². The lowest BCUT2D eigenvalue weighted by Crippen LogP contribution is -2.21. The molecule has 100 valence electrons. The Morgan fingerprint density at radius 3 is 2.78 bits per heavy atom. The predicted molar refractivity (Wildman–Crippen MR) is 73.8 cm³/mol. The number of benzene rings is 1. The standard InChI is InChI=1S/C14H22N2O2/c1-4-11(9-15)8-14(17)16-12-6-5-10(2)7-13(12)18-3/h5-7,11H,4,8-9,15H2,1-3H3,(H,16,17). The van der Waals surface area contributed by atoms with Gasteiger partial charge in [-0.3, -0.25) is 4.79 Å². The van der Waals surface area contributed by atoms with Crippen molar-refractivity contribution in [3.8, 4) is 5.75 Å². The Morgan fingerprint density at radius 1 is 1.50 bits per heavy atom. The van der Waals surface area contributed by atoms with Gasteiger partial charge in [0.2, 0.25) is 5.91 Å². The third-order valence-electron chi connectivity index (χ3n) is 3.02. The van der Waals surface area contributed by atoms with Crippen LogP contribution in [0.4, 0.5) is 5.69 Å². The van der Waals surface area contributed by atoms with Crippen LogP contribution in [0.3, 0.4) is 0 Å². The van der Waals surface area contributed by atoms with Crippen molar-refractivity contribution in [2.75, 3.05) is 19.0 Å². The second kappa shape index (κ2) is 7.01. The zero-order valence-corrected chi connectivity index (χ0v) is 11.3. The minimum Gasteiger partial charge on any atom is -0.495 e. The summed E-state index contributed by atoms with van der Waals surface area (Å²) in [5, 5.41) is 2.87. The minimum atomic E-state index is -0.0190. The molecule has 0 fully saturated rings. The van der Waals surface area contributed by atoms with E-state index in [9.17, 15) is 4.79 Å². The number of carbonyl (C=O) groups excluding carboxylic acids is 1. The highest BCUT2D eigenvalue weighted by atomic mass is 16.5. The summed E-state index contributed by atoms with van der Waals surface area (Å²) in [4.78, 5) is 11.9. The van der Waals surface area contributed by atoms with Crippen molar-refractivity contribution in [1.82, 2.24) is 0 Å². The van der Waals surface area contributed by atoms with Gasteiger partial charge in [-0.1, -0.05) is 19.4 Å². The van der Waals surface area contributed by atoms with Crippen LogP contribution in [-0.2, 0) is 4.79 Å². The molecule has 0 radical (unpaired) electrons. The molecule has 0 heterocycles. The van der Waals surface area contributed by atoms with Gasteiger partial charge in [-0.15, -0.1) is 0 Å². The van der Waals surface area contributed by atoms with E-state index in [1.165, 1.54) is 0 Å². The van der Waals surface area contributed by atoms with Crippen LogP contribution in [0.2, 0.25) is 0 Å². The Bertz CT molecular complexity index is 401. The van der Waals surface area contributed by atoms with Crippen molar-refractivity contribution in [3.63, 3.8) is 0 Å². The van der Waals surface area contributed by atoms with Crippen molar-refractivity contribution in [2.24, 2.45) is 11.7 Å². The molecule has 4 heteroatoms. The van der Waals surface area contributed by atoms with Crippen LogP contribution < -0.4 is 15.8 Å². The van der Waals surface area contributed by atoms with Gasteiger partial charge in [0.05, 0.1) is 12.8 Å². The quantitative estimate of drug-likeness (QED) is 0.814. The molecule has 1 atom stereocenters. The molecule has 0 spiro atoms. The number of ether oxygens (including phenoxy) is 1. The fourth-order valence-electron chi connectivity index (χ4n) is 1.76. The number of aryl methyl sites for hydroxylation is 1. The van der Waals surface area contributed by atoms with Gasteiger partial charge in [0, 0.05) is 6.42 Å². The fraction of sp³-hybridized carbons (Fsp3) is 0.500. The Labute approximate surface area is 109 Å². The van der Waals surface area contributed by atoms with Gasteiger partial charge in [0.1, 0.15) is 5.75 Å². The van der Waals surface area contributed by atoms with E-state index in [1.54, 1.807) is 7.11 Å². The van der Waals surface area contributed by atoms with Crippen molar-refractivity contribution >= 4 is 11.6 Å². The summed E-state index contributed by atoms with van der Waals surface area (Å²) in [6, 6.07) is 5.70. The Morgan fingerprint density at radius 2 is 2.22 bits per heavy atom. The van der Waals surface area contributed by atoms with E-state index in [2.05, 4.69) is 5.32 Å². The number of methoxy groups -OCH3 is 1. The van der Waals surface area contributed by atoms with Gasteiger partial charge < -0.3 is 15.8 Å². The van der Waals surface area contributed by atoms with Crippen LogP contribution in [-0.4, -0.2) is 19.6 Å². The molecule has 0 aliphatic rings. The summed E-state index contributed by atoms with van der Waals surface area (Å²) in [5.74, 6) is 0.903. The highest BCUT2D eigenvalue weighted by molar-refractivity contribution is 5.92. The molecule has 4 nitrogen and oxygen atoms in total. The third-order valence-corrected chi connectivity index (χ3v) is 3.02. The maximum absolute atomic E-state index is 11.9. The molecule has 0 saturated carbocycles. The summed E-state index contributed by atoms with van der Waals surface area (Å²) in [5.41, 5.74) is 7.40. The lowest BCUT2D eigenvalue weighted by molar-refractivity contribution is -0.117. The number of nitrogens with two attached hydrogens (primary N) is 1. The average molecular weight is 250 g/mol. The molecule has 3 N–H and O–H groups in total. The molecule has 0 aromatic heterocycles. The third kappa shape index (κ3) is 4.04. The second-order valence-electron chi connectivity index (χ2n) is 4.47. The van der Waals surface area contributed by atoms with E-state index >= 15 is 0 Å². The van der Waals surface area contributed by atoms with E-state index < -0.39 is 0 Å². The number of carbonyl (C=O) groups is 1. The minimum absolute atomic E-state index is 0.0190. The van der Waals surface area contributed by atoms with Crippen molar-refractivity contribution < 1.29 is 9.53 Å². The molecule has 1 rings (SSSR count). The van der Waals surface area contributed by atoms with Gasteiger partial charge in [0.25, 0.3) is 0 Å². The fourth-order valence-corrected chi connectivity index (χ4v) is 1.76. The van der Waals surface area contributed by atoms with E-state index in [0.29, 0.717) is 24.4 Å². The molecule has 0 bridgehead atoms. The monoisotopic (exact) mass is 250 g/mol. The first-order chi connectivity index (χ1) is 8.60. The van der Waals surface area contributed by atoms with E-state index in [0.717, 1.165) is 12.0 Å². The van der Waals surface area contributed by atoms with Crippen molar-refractivity contribution in [2.45, 2.75) is 26.7 Å². The highest BCUT2D eigenvalue weighted by Crippen LogP contribution is 2.25. The molecular weight excluding hydrogens is 228 g/mol. The SMILES string of the molecule is CCC(CN)CC(=O)Nc1ccc(C)cc1OC. The first kappa shape index (κ1) is 14.5. The summed E-state index contributed by atoms with van der Waals surface area (Å²) < 4.78 is 5.25. The van der Waals surface area contributed by atoms with E-state index in [-0.39, 0.29) is 11.8 Å². The normalized spacial score (nSPS) is 12.0. The van der Waals surface area contributed by atoms with Crippen LogP contribution in [0.5, 0.6) is 5.75 Å². The van der Waals surface area contributed by atoms with Gasteiger partial charge >= 0.3 is 0 Å². The number of nitrogens with one attached hydrogen (secondary N) is 1. The maximum atomic E-state index is 11.9. The smallest absolute Gasteiger partial charge is 0.224 e. The first-order valence-corrected chi connectivity index (χ1v) is 6.25. The number of anilines is 1. The van der Waals surface area contributed by atoms with E-state index in [4.69, 9.17) is 10.5 Å². The predicted octanol–water partition coefficient (Wildman–Crippen LogP) is 2.32. The average Bonchev–Trinajstić information content (AvgIpc) is 2.38. The summed E-state index contributed by atoms with van der Waals surface area (Å²) in [6.45, 7) is 4.56. The zero-order chi connectivity index (χ0) is 13.5. The summed E-state index contributed by atoms with van der Waals surface area (Å²) in [7, 11) is 1.60. The summed E-state index contributed by atoms with van der Waals surface area (Å²) >= 11 is 0. The topological polar surface area (TPSA) is 64.4 Å². The number of hydrogen-bond acceptors (Lipinski definition) is 3. The van der Waals surface area contributed by atoms with Crippen LogP contribution in [0.15, 0.2) is 18.2 Å². The lowest BCUT2D eigenvalue weighted by Gasteiger charge is -2.14. The first-order valence-electron chi connectivity index (χ1n) is 6.25. The molecule has 1 aromatic carbocycles. The van der Waals surface area contributed by atoms with Crippen molar-refractivity contribution in [1.29, 1.82) is 0 Å². The molecule has 0 aliphatic carbocycles. The van der Waals surface area contributed by atoms with Gasteiger partial charge in [-0.25, -0.2) is 0 Å². The highest BCUT2D eigenvalue weighted by Gasteiger charge is 2.12. The summed E-state index contributed by atoms with van der Waals surface area (Å²) in [6.07, 6.45) is 1.36. The maximum Gasteiger partial charge on any atom is 0.224 e. The number of rotatable bonds is 6. The van der Waals surface area contributed by atoms with Gasteiger partial charge in [0.15, 0.2) is 0 Å². The second-order valence-corrected chi connectivity index (χ2v) is 4.47. The van der Waals surface area contributed by atoms with Crippen LogP contribution >= 0.6 is 0 Å². The Balaban J connectivity index is 2.69. The Kier molecular flexibility index (Phi) is 5.65. The molecule has 18 heavy (non-hydrogen) atoms. The molecule has 1 amide bonds. The molecule has 1 unspecified atom stereocenters. The number of amides is 1. The molecule has 0 saturated heterocycles. The molecule has 0 aliphatic heterocycles.